The summed E-state index contributed by atoms with van der Waals surface area (Å²) in [7, 11) is 0. The summed E-state index contributed by atoms with van der Waals surface area (Å²) in [5.74, 6) is -0.322. The van der Waals surface area contributed by atoms with Crippen molar-refractivity contribution in [2.45, 2.75) is 46.0 Å². The number of nitrogens with one attached hydrogen (secondary N) is 1. The SMILES string of the molecule is Cc1ccc2c(c1)C1(C(=O)N2)C(C#N)=C(N)N(c2ccccc2C)C2=C1C(=O)CC(C)(C)C2. The van der Waals surface area contributed by atoms with Gasteiger partial charge in [0.05, 0.1) is 11.3 Å². The van der Waals surface area contributed by atoms with E-state index in [0.717, 1.165) is 16.8 Å². The van der Waals surface area contributed by atoms with Gasteiger partial charge in [0.2, 0.25) is 5.91 Å². The summed E-state index contributed by atoms with van der Waals surface area (Å²) in [6, 6.07) is 15.6. The quantitative estimate of drug-likeness (QED) is 0.690. The van der Waals surface area contributed by atoms with Gasteiger partial charge in [0.1, 0.15) is 17.3 Å². The van der Waals surface area contributed by atoms with E-state index < -0.39 is 11.3 Å². The van der Waals surface area contributed by atoms with Crippen molar-refractivity contribution >= 4 is 23.1 Å². The molecule has 0 aromatic heterocycles. The fourth-order valence-corrected chi connectivity index (χ4v) is 5.62. The summed E-state index contributed by atoms with van der Waals surface area (Å²) in [5, 5.41) is 13.3. The Morgan fingerprint density at radius 1 is 1.09 bits per heavy atom. The first-order valence-electron chi connectivity index (χ1n) is 11.1. The fraction of sp³-hybridized carbons (Fsp3) is 0.296. The summed E-state index contributed by atoms with van der Waals surface area (Å²) >= 11 is 0. The summed E-state index contributed by atoms with van der Waals surface area (Å²) in [6.45, 7) is 7.99. The molecule has 5 rings (SSSR count). The van der Waals surface area contributed by atoms with E-state index >= 15 is 0 Å². The van der Waals surface area contributed by atoms with E-state index in [4.69, 9.17) is 5.73 Å². The zero-order chi connectivity index (χ0) is 23.7. The van der Waals surface area contributed by atoms with Gasteiger partial charge in [-0.25, -0.2) is 0 Å². The van der Waals surface area contributed by atoms with Crippen LogP contribution in [0.4, 0.5) is 11.4 Å². The van der Waals surface area contributed by atoms with Crippen LogP contribution in [0.1, 0.15) is 43.4 Å². The van der Waals surface area contributed by atoms with Crippen molar-refractivity contribution in [3.63, 3.8) is 0 Å². The highest BCUT2D eigenvalue weighted by Gasteiger charge is 2.61. The number of carbonyl (C=O) groups is 2. The number of anilines is 2. The zero-order valence-electron chi connectivity index (χ0n) is 19.2. The lowest BCUT2D eigenvalue weighted by Crippen LogP contribution is -2.52. The molecule has 3 aliphatic rings. The number of nitriles is 1. The smallest absolute Gasteiger partial charge is 0.245 e. The summed E-state index contributed by atoms with van der Waals surface area (Å²) < 4.78 is 0. The molecule has 2 heterocycles. The maximum absolute atomic E-state index is 13.8. The third-order valence-corrected chi connectivity index (χ3v) is 7.01. The van der Waals surface area contributed by atoms with Crippen LogP contribution in [-0.2, 0) is 15.0 Å². The Labute approximate surface area is 193 Å². The van der Waals surface area contributed by atoms with Crippen molar-refractivity contribution in [3.05, 3.63) is 81.8 Å². The lowest BCUT2D eigenvalue weighted by molar-refractivity contribution is -0.123. The molecule has 3 N–H and O–H groups in total. The van der Waals surface area contributed by atoms with E-state index in [1.165, 1.54) is 0 Å². The van der Waals surface area contributed by atoms with Gasteiger partial charge >= 0.3 is 0 Å². The third-order valence-electron chi connectivity index (χ3n) is 7.01. The highest BCUT2D eigenvalue weighted by atomic mass is 16.2. The number of ketones is 1. The number of amides is 1. The van der Waals surface area contributed by atoms with Crippen LogP contribution >= 0.6 is 0 Å². The molecular weight excluding hydrogens is 412 g/mol. The summed E-state index contributed by atoms with van der Waals surface area (Å²) in [4.78, 5) is 29.4. The first-order valence-corrected chi connectivity index (χ1v) is 11.1. The minimum Gasteiger partial charge on any atom is -0.384 e. The van der Waals surface area contributed by atoms with E-state index in [-0.39, 0.29) is 22.6 Å². The van der Waals surface area contributed by atoms with Gasteiger partial charge in [-0.1, -0.05) is 49.7 Å². The van der Waals surface area contributed by atoms with Gasteiger partial charge in [-0.3, -0.25) is 14.5 Å². The average molecular weight is 439 g/mol. The molecule has 2 aliphatic heterocycles. The lowest BCUT2D eigenvalue weighted by atomic mass is 9.60. The number of fused-ring (bicyclic) bond motifs is 3. The number of carbonyl (C=O) groups excluding carboxylic acids is 2. The van der Waals surface area contributed by atoms with Gasteiger partial charge in [-0.05, 0) is 43.4 Å². The van der Waals surface area contributed by atoms with Gasteiger partial charge in [0, 0.05) is 28.9 Å². The number of para-hydroxylation sites is 1. The minimum atomic E-state index is -1.54. The fourth-order valence-electron chi connectivity index (χ4n) is 5.62. The predicted molar refractivity (Wildman–Crippen MR) is 127 cm³/mol. The van der Waals surface area contributed by atoms with E-state index in [1.54, 1.807) is 0 Å². The number of hydrogen-bond acceptors (Lipinski definition) is 5. The average Bonchev–Trinajstić information content (AvgIpc) is 3.00. The van der Waals surface area contributed by atoms with Crippen LogP contribution in [0.2, 0.25) is 0 Å². The van der Waals surface area contributed by atoms with Crippen molar-refractivity contribution in [1.29, 1.82) is 5.26 Å². The first-order chi connectivity index (χ1) is 15.6. The standard InChI is InChI=1S/C27H26N4O2/c1-15-9-10-19-17(11-15)27(25(33)30-19)18(14-28)24(29)31(20-8-6-5-7-16(20)2)21-12-26(3,4)13-22(32)23(21)27/h5-11H,12-13,29H2,1-4H3,(H,30,33). The Hall–Kier alpha value is -3.85. The molecule has 0 radical (unpaired) electrons. The topological polar surface area (TPSA) is 99.2 Å². The third kappa shape index (κ3) is 2.72. The Balaban J connectivity index is 1.93. The molecule has 33 heavy (non-hydrogen) atoms. The van der Waals surface area contributed by atoms with Gasteiger partial charge < -0.3 is 11.1 Å². The lowest BCUT2D eigenvalue weighted by Gasteiger charge is -2.47. The van der Waals surface area contributed by atoms with Gasteiger partial charge in [0.25, 0.3) is 0 Å². The molecule has 166 valence electrons. The van der Waals surface area contributed by atoms with E-state index in [2.05, 4.69) is 11.4 Å². The van der Waals surface area contributed by atoms with Gasteiger partial charge in [-0.2, -0.15) is 5.26 Å². The van der Waals surface area contributed by atoms with Crippen LogP contribution in [0.25, 0.3) is 0 Å². The Bertz CT molecular complexity index is 1360. The molecule has 1 aliphatic carbocycles. The van der Waals surface area contributed by atoms with Crippen molar-refractivity contribution in [3.8, 4) is 6.07 Å². The van der Waals surface area contributed by atoms with E-state index in [0.29, 0.717) is 35.4 Å². The monoisotopic (exact) mass is 438 g/mol. The van der Waals surface area contributed by atoms with Crippen LogP contribution in [0.3, 0.4) is 0 Å². The summed E-state index contributed by atoms with van der Waals surface area (Å²) in [6.07, 6.45) is 0.847. The van der Waals surface area contributed by atoms with Crippen LogP contribution in [-0.4, -0.2) is 11.7 Å². The molecule has 6 heteroatoms. The molecule has 0 saturated heterocycles. The largest absolute Gasteiger partial charge is 0.384 e. The van der Waals surface area contributed by atoms with Crippen LogP contribution < -0.4 is 16.0 Å². The van der Waals surface area contributed by atoms with Crippen LogP contribution in [0.5, 0.6) is 0 Å². The molecule has 1 atom stereocenters. The van der Waals surface area contributed by atoms with E-state index in [9.17, 15) is 14.9 Å². The van der Waals surface area contributed by atoms with Gasteiger partial charge in [-0.15, -0.1) is 0 Å². The molecule has 1 unspecified atom stereocenters. The Kier molecular flexibility index (Phi) is 4.35. The molecule has 0 fully saturated rings. The van der Waals surface area contributed by atoms with Crippen molar-refractivity contribution < 1.29 is 9.59 Å². The Morgan fingerprint density at radius 3 is 2.52 bits per heavy atom. The summed E-state index contributed by atoms with van der Waals surface area (Å²) in [5.41, 5.74) is 10.00. The maximum atomic E-state index is 13.8. The molecule has 2 aromatic carbocycles. The molecule has 1 amide bonds. The van der Waals surface area contributed by atoms with Gasteiger partial charge in [0.15, 0.2) is 5.78 Å². The number of hydrogen-bond donors (Lipinski definition) is 2. The minimum absolute atomic E-state index is 0.0967. The number of aryl methyl sites for hydroxylation is 2. The van der Waals surface area contributed by atoms with Crippen molar-refractivity contribution in [2.75, 3.05) is 10.2 Å². The second-order valence-corrected chi connectivity index (χ2v) is 10.0. The number of benzene rings is 2. The molecule has 1 spiro atoms. The molecule has 0 saturated carbocycles. The van der Waals surface area contributed by atoms with Crippen LogP contribution in [0.15, 0.2) is 65.1 Å². The number of nitrogens with zero attached hydrogens (tertiary/aromatic N) is 2. The zero-order valence-corrected chi connectivity index (χ0v) is 19.2. The van der Waals surface area contributed by atoms with Crippen LogP contribution in [0, 0.1) is 30.6 Å². The second-order valence-electron chi connectivity index (χ2n) is 10.0. The van der Waals surface area contributed by atoms with E-state index in [1.807, 2.05) is 75.1 Å². The number of Topliss-reactive ketones (excluding diaryl/α,β-unsaturated/α-hetero) is 1. The maximum Gasteiger partial charge on any atom is 0.245 e. The van der Waals surface area contributed by atoms with Crippen molar-refractivity contribution in [1.82, 2.24) is 0 Å². The highest BCUT2D eigenvalue weighted by Crippen LogP contribution is 2.57. The van der Waals surface area contributed by atoms with Crippen molar-refractivity contribution in [2.24, 2.45) is 11.1 Å². The predicted octanol–water partition coefficient (Wildman–Crippen LogP) is 4.35. The molecule has 0 bridgehead atoms. The first kappa shape index (κ1) is 21.0. The number of nitrogens with two attached hydrogens (primary N) is 1. The number of rotatable bonds is 1. The molecule has 2 aromatic rings. The Morgan fingerprint density at radius 2 is 1.82 bits per heavy atom. The highest BCUT2D eigenvalue weighted by molar-refractivity contribution is 6.20. The normalized spacial score (nSPS) is 23.4. The molecule has 6 nitrogen and oxygen atoms in total. The molecular formula is C27H26N4O2. The second kappa shape index (κ2) is 6.82. The number of allylic oxidation sites excluding steroid dienone is 1.